The topological polar surface area (TPSA) is 26.0 Å². The fourth-order valence-corrected chi connectivity index (χ4v) is 2.23. The Morgan fingerprint density at radius 2 is 1.44 bits per heavy atom. The minimum absolute atomic E-state index is 0.760. The molecule has 0 amide bonds. The summed E-state index contributed by atoms with van der Waals surface area (Å²) >= 11 is 0. The van der Waals surface area contributed by atoms with Crippen LogP contribution in [0.25, 0.3) is 11.1 Å². The third-order valence-corrected chi connectivity index (χ3v) is 3.23. The highest BCUT2D eigenvalue weighted by molar-refractivity contribution is 5.79. The van der Waals surface area contributed by atoms with E-state index < -0.39 is 0 Å². The van der Waals surface area contributed by atoms with E-state index in [1.165, 1.54) is 29.5 Å². The highest BCUT2D eigenvalue weighted by Gasteiger charge is 2.26. The molecule has 0 aliphatic heterocycles. The van der Waals surface area contributed by atoms with Crippen LogP contribution in [-0.4, -0.2) is 0 Å². The average Bonchev–Trinajstić information content (AvgIpc) is 3.14. The second kappa shape index (κ2) is 3.67. The monoisotopic (exact) mass is 209 g/mol. The first-order valence-electron chi connectivity index (χ1n) is 5.80. The van der Waals surface area contributed by atoms with Gasteiger partial charge in [-0.2, -0.15) is 0 Å². The van der Waals surface area contributed by atoms with Crippen molar-refractivity contribution in [3.05, 3.63) is 54.1 Å². The van der Waals surface area contributed by atoms with Crippen molar-refractivity contribution >= 4 is 5.69 Å². The SMILES string of the molecule is Nc1ccccc1-c1ccccc1C1CC1. The lowest BCUT2D eigenvalue weighted by Crippen LogP contribution is -1.92. The Hall–Kier alpha value is -1.76. The molecule has 1 aliphatic carbocycles. The van der Waals surface area contributed by atoms with Crippen molar-refractivity contribution in [2.24, 2.45) is 0 Å². The number of nitrogen functional groups attached to an aromatic ring is 1. The zero-order chi connectivity index (χ0) is 11.0. The summed E-state index contributed by atoms with van der Waals surface area (Å²) in [5, 5.41) is 0. The molecule has 0 heterocycles. The molecule has 2 N–H and O–H groups in total. The van der Waals surface area contributed by atoms with Crippen LogP contribution in [0.15, 0.2) is 48.5 Å². The molecular formula is C15H15N. The van der Waals surface area contributed by atoms with Crippen molar-refractivity contribution in [1.82, 2.24) is 0 Å². The van der Waals surface area contributed by atoms with Crippen molar-refractivity contribution in [3.8, 4) is 11.1 Å². The molecule has 80 valence electrons. The molecule has 2 aromatic rings. The quantitative estimate of drug-likeness (QED) is 0.748. The number of rotatable bonds is 2. The van der Waals surface area contributed by atoms with Crippen LogP contribution in [0.3, 0.4) is 0 Å². The zero-order valence-electron chi connectivity index (χ0n) is 9.19. The van der Waals surface area contributed by atoms with Gasteiger partial charge in [0.15, 0.2) is 0 Å². The Bertz CT molecular complexity index is 512. The summed E-state index contributed by atoms with van der Waals surface area (Å²) in [6.45, 7) is 0. The van der Waals surface area contributed by atoms with E-state index in [1.54, 1.807) is 0 Å². The Morgan fingerprint density at radius 3 is 2.12 bits per heavy atom. The maximum absolute atomic E-state index is 6.04. The minimum Gasteiger partial charge on any atom is -0.398 e. The Labute approximate surface area is 95.9 Å². The number of hydrogen-bond donors (Lipinski definition) is 1. The minimum atomic E-state index is 0.760. The predicted molar refractivity (Wildman–Crippen MR) is 68.3 cm³/mol. The Kier molecular flexibility index (Phi) is 2.17. The van der Waals surface area contributed by atoms with Gasteiger partial charge in [-0.3, -0.25) is 0 Å². The summed E-state index contributed by atoms with van der Waals surface area (Å²) < 4.78 is 0. The third-order valence-electron chi connectivity index (χ3n) is 3.23. The summed E-state index contributed by atoms with van der Waals surface area (Å²) in [4.78, 5) is 0. The second-order valence-corrected chi connectivity index (χ2v) is 4.45. The molecule has 0 aromatic heterocycles. The maximum Gasteiger partial charge on any atom is 0.0393 e. The largest absolute Gasteiger partial charge is 0.398 e. The molecule has 0 atom stereocenters. The second-order valence-electron chi connectivity index (χ2n) is 4.45. The number of hydrogen-bond acceptors (Lipinski definition) is 1. The maximum atomic E-state index is 6.04. The van der Waals surface area contributed by atoms with E-state index in [1.807, 2.05) is 12.1 Å². The molecule has 0 bridgehead atoms. The van der Waals surface area contributed by atoms with Gasteiger partial charge < -0.3 is 5.73 Å². The summed E-state index contributed by atoms with van der Waals surface area (Å²) in [7, 11) is 0. The van der Waals surface area contributed by atoms with Crippen LogP contribution in [-0.2, 0) is 0 Å². The molecule has 16 heavy (non-hydrogen) atoms. The van der Waals surface area contributed by atoms with E-state index in [0.29, 0.717) is 0 Å². The molecule has 2 aromatic carbocycles. The fourth-order valence-electron chi connectivity index (χ4n) is 2.23. The van der Waals surface area contributed by atoms with Gasteiger partial charge in [0.2, 0.25) is 0 Å². The highest BCUT2D eigenvalue weighted by atomic mass is 14.6. The lowest BCUT2D eigenvalue weighted by molar-refractivity contribution is 1.13. The first-order valence-corrected chi connectivity index (χ1v) is 5.80. The van der Waals surface area contributed by atoms with Crippen LogP contribution in [0, 0.1) is 0 Å². The first-order chi connectivity index (χ1) is 7.86. The molecule has 1 nitrogen and oxygen atoms in total. The van der Waals surface area contributed by atoms with Crippen LogP contribution in [0.4, 0.5) is 5.69 Å². The fraction of sp³-hybridized carbons (Fsp3) is 0.200. The van der Waals surface area contributed by atoms with Gasteiger partial charge in [-0.15, -0.1) is 0 Å². The van der Waals surface area contributed by atoms with Gasteiger partial charge in [-0.05, 0) is 36.0 Å². The lowest BCUT2D eigenvalue weighted by atomic mass is 9.96. The molecule has 1 heteroatoms. The van der Waals surface area contributed by atoms with Gasteiger partial charge in [0.25, 0.3) is 0 Å². The van der Waals surface area contributed by atoms with Crippen molar-refractivity contribution in [3.63, 3.8) is 0 Å². The van der Waals surface area contributed by atoms with Crippen LogP contribution >= 0.6 is 0 Å². The van der Waals surface area contributed by atoms with Crippen LogP contribution in [0.2, 0.25) is 0 Å². The van der Waals surface area contributed by atoms with Crippen LogP contribution in [0.1, 0.15) is 24.3 Å². The highest BCUT2D eigenvalue weighted by Crippen LogP contribution is 2.45. The molecule has 0 spiro atoms. The van der Waals surface area contributed by atoms with Gasteiger partial charge in [0.1, 0.15) is 0 Å². The molecule has 0 radical (unpaired) electrons. The van der Waals surface area contributed by atoms with Crippen molar-refractivity contribution in [2.75, 3.05) is 5.73 Å². The average molecular weight is 209 g/mol. The predicted octanol–water partition coefficient (Wildman–Crippen LogP) is 3.81. The standard InChI is InChI=1S/C15H15N/c16-15-8-4-3-7-14(15)13-6-2-1-5-12(13)11-9-10-11/h1-8,11H,9-10,16H2. The van der Waals surface area contributed by atoms with E-state index in [-0.39, 0.29) is 0 Å². The smallest absolute Gasteiger partial charge is 0.0393 e. The molecule has 1 saturated carbocycles. The third kappa shape index (κ3) is 1.58. The molecule has 1 aliphatic rings. The van der Waals surface area contributed by atoms with E-state index in [0.717, 1.165) is 11.6 Å². The van der Waals surface area contributed by atoms with Gasteiger partial charge in [0.05, 0.1) is 0 Å². The van der Waals surface area contributed by atoms with Gasteiger partial charge >= 0.3 is 0 Å². The van der Waals surface area contributed by atoms with Gasteiger partial charge in [0, 0.05) is 11.3 Å². The first kappa shape index (κ1) is 9.46. The zero-order valence-corrected chi connectivity index (χ0v) is 9.19. The Morgan fingerprint density at radius 1 is 0.812 bits per heavy atom. The van der Waals surface area contributed by atoms with Crippen molar-refractivity contribution < 1.29 is 0 Å². The lowest BCUT2D eigenvalue weighted by Gasteiger charge is -2.10. The van der Waals surface area contributed by atoms with Crippen molar-refractivity contribution in [1.29, 1.82) is 0 Å². The number of anilines is 1. The van der Waals surface area contributed by atoms with Crippen LogP contribution < -0.4 is 5.73 Å². The summed E-state index contributed by atoms with van der Waals surface area (Å²) in [5.74, 6) is 0.760. The molecule has 3 rings (SSSR count). The van der Waals surface area contributed by atoms with Gasteiger partial charge in [-0.25, -0.2) is 0 Å². The molecular weight excluding hydrogens is 194 g/mol. The van der Waals surface area contributed by atoms with Crippen LogP contribution in [0.5, 0.6) is 0 Å². The summed E-state index contributed by atoms with van der Waals surface area (Å²) in [6, 6.07) is 16.7. The molecule has 0 saturated heterocycles. The molecule has 0 unspecified atom stereocenters. The van der Waals surface area contributed by atoms with E-state index in [2.05, 4.69) is 36.4 Å². The number of para-hydroxylation sites is 1. The van der Waals surface area contributed by atoms with Gasteiger partial charge in [-0.1, -0.05) is 42.5 Å². The van der Waals surface area contributed by atoms with E-state index in [9.17, 15) is 0 Å². The van der Waals surface area contributed by atoms with Crippen molar-refractivity contribution in [2.45, 2.75) is 18.8 Å². The summed E-state index contributed by atoms with van der Waals surface area (Å²) in [6.07, 6.45) is 2.65. The van der Waals surface area contributed by atoms with E-state index in [4.69, 9.17) is 5.73 Å². The number of nitrogens with two attached hydrogens (primary N) is 1. The Balaban J connectivity index is 2.15. The summed E-state index contributed by atoms with van der Waals surface area (Å²) in [5.41, 5.74) is 10.9. The normalized spacial score (nSPS) is 15.0. The van der Waals surface area contributed by atoms with E-state index >= 15 is 0 Å². The number of benzene rings is 2. The molecule has 1 fully saturated rings.